The molecule has 2 rings (SSSR count). The minimum atomic E-state index is -0.825. The Morgan fingerprint density at radius 3 is 2.76 bits per heavy atom. The van der Waals surface area contributed by atoms with Gasteiger partial charge >= 0.3 is 0 Å². The number of aliphatic hydroxyl groups is 1. The van der Waals surface area contributed by atoms with Crippen molar-refractivity contribution in [3.05, 3.63) is 24.2 Å². The van der Waals surface area contributed by atoms with Crippen molar-refractivity contribution in [2.24, 2.45) is 0 Å². The number of rotatable bonds is 6. The van der Waals surface area contributed by atoms with Crippen LogP contribution in [0.15, 0.2) is 22.8 Å². The van der Waals surface area contributed by atoms with Gasteiger partial charge in [-0.05, 0) is 31.9 Å². The number of amides is 1. The van der Waals surface area contributed by atoms with Crippen LogP contribution in [0.5, 0.6) is 0 Å². The Kier molecular flexibility index (Phi) is 6.26. The summed E-state index contributed by atoms with van der Waals surface area (Å²) in [5.41, 5.74) is 0. The quantitative estimate of drug-likeness (QED) is 0.791. The molecule has 1 aliphatic carbocycles. The molecule has 118 valence electrons. The van der Waals surface area contributed by atoms with Gasteiger partial charge < -0.3 is 19.6 Å². The summed E-state index contributed by atoms with van der Waals surface area (Å²) in [4.78, 5) is 12.0. The van der Waals surface area contributed by atoms with Gasteiger partial charge in [0, 0.05) is 0 Å². The van der Waals surface area contributed by atoms with E-state index in [4.69, 9.17) is 9.15 Å². The van der Waals surface area contributed by atoms with E-state index < -0.39 is 12.2 Å². The molecule has 0 bridgehead atoms. The van der Waals surface area contributed by atoms with Crippen molar-refractivity contribution in [1.82, 2.24) is 5.32 Å². The number of carbonyl (C=O) groups excluding carboxylic acids is 1. The van der Waals surface area contributed by atoms with Crippen molar-refractivity contribution in [3.8, 4) is 0 Å². The van der Waals surface area contributed by atoms with E-state index in [-0.39, 0.29) is 18.6 Å². The zero-order valence-electron chi connectivity index (χ0n) is 12.6. The van der Waals surface area contributed by atoms with Gasteiger partial charge in [0.25, 0.3) is 0 Å². The third-order valence-corrected chi connectivity index (χ3v) is 3.91. The highest BCUT2D eigenvalue weighted by atomic mass is 16.5. The zero-order valence-corrected chi connectivity index (χ0v) is 12.6. The van der Waals surface area contributed by atoms with Crippen LogP contribution in [0.4, 0.5) is 0 Å². The lowest BCUT2D eigenvalue weighted by Crippen LogP contribution is -2.38. The first-order valence-corrected chi connectivity index (χ1v) is 7.81. The van der Waals surface area contributed by atoms with Crippen LogP contribution in [0.25, 0.3) is 0 Å². The normalized spacial score (nSPS) is 19.7. The lowest BCUT2D eigenvalue weighted by molar-refractivity contribution is -0.136. The second-order valence-corrected chi connectivity index (χ2v) is 5.67. The summed E-state index contributed by atoms with van der Waals surface area (Å²) < 4.78 is 10.9. The molecule has 0 aromatic carbocycles. The monoisotopic (exact) mass is 295 g/mol. The molecule has 5 heteroatoms. The standard InChI is InChI=1S/C16H25NO4/c1-12(21-13-7-4-2-3-5-8-13)16(19)17-11-14(18)15-9-6-10-20-15/h6,9-10,12-14,18H,2-5,7-8,11H2,1H3,(H,17,19). The molecule has 0 radical (unpaired) electrons. The number of aliphatic hydroxyl groups excluding tert-OH is 1. The molecule has 21 heavy (non-hydrogen) atoms. The SMILES string of the molecule is CC(OC1CCCCCC1)C(=O)NCC(O)c1ccco1. The molecule has 0 saturated heterocycles. The molecule has 1 amide bonds. The maximum Gasteiger partial charge on any atom is 0.248 e. The van der Waals surface area contributed by atoms with E-state index in [1.54, 1.807) is 19.1 Å². The largest absolute Gasteiger partial charge is 0.467 e. The molecule has 1 heterocycles. The maximum atomic E-state index is 12.0. The first-order chi connectivity index (χ1) is 10.2. The van der Waals surface area contributed by atoms with Gasteiger partial charge in [0.05, 0.1) is 18.9 Å². The molecule has 2 atom stereocenters. The molecule has 1 aromatic rings. The molecule has 2 unspecified atom stereocenters. The first kappa shape index (κ1) is 16.0. The number of nitrogens with one attached hydrogen (secondary N) is 1. The van der Waals surface area contributed by atoms with E-state index in [2.05, 4.69) is 5.32 Å². The average molecular weight is 295 g/mol. The Balaban J connectivity index is 1.71. The maximum absolute atomic E-state index is 12.0. The van der Waals surface area contributed by atoms with Gasteiger partial charge in [-0.1, -0.05) is 25.7 Å². The Hall–Kier alpha value is -1.33. The third kappa shape index (κ3) is 5.17. The molecular weight excluding hydrogens is 270 g/mol. The Bertz CT molecular complexity index is 410. The van der Waals surface area contributed by atoms with Crippen LogP contribution in [-0.4, -0.2) is 29.8 Å². The van der Waals surface area contributed by atoms with Crippen LogP contribution in [0.2, 0.25) is 0 Å². The van der Waals surface area contributed by atoms with Gasteiger partial charge in [-0.2, -0.15) is 0 Å². The Morgan fingerprint density at radius 1 is 1.43 bits per heavy atom. The highest BCUT2D eigenvalue weighted by Crippen LogP contribution is 2.21. The lowest BCUT2D eigenvalue weighted by atomic mass is 10.1. The molecule has 5 nitrogen and oxygen atoms in total. The fourth-order valence-electron chi connectivity index (χ4n) is 2.65. The topological polar surface area (TPSA) is 71.7 Å². The van der Waals surface area contributed by atoms with Crippen LogP contribution in [0, 0.1) is 0 Å². The summed E-state index contributed by atoms with van der Waals surface area (Å²) in [7, 11) is 0. The number of hydrogen-bond donors (Lipinski definition) is 2. The van der Waals surface area contributed by atoms with Gasteiger partial charge in [-0.15, -0.1) is 0 Å². The number of ether oxygens (including phenoxy) is 1. The number of carbonyl (C=O) groups is 1. The minimum Gasteiger partial charge on any atom is -0.467 e. The van der Waals surface area contributed by atoms with Crippen molar-refractivity contribution >= 4 is 5.91 Å². The lowest BCUT2D eigenvalue weighted by Gasteiger charge is -2.21. The summed E-state index contributed by atoms with van der Waals surface area (Å²) in [6.07, 6.45) is 7.31. The van der Waals surface area contributed by atoms with Crippen molar-refractivity contribution in [3.63, 3.8) is 0 Å². The fraction of sp³-hybridized carbons (Fsp3) is 0.688. The third-order valence-electron chi connectivity index (χ3n) is 3.91. The first-order valence-electron chi connectivity index (χ1n) is 7.81. The summed E-state index contributed by atoms with van der Waals surface area (Å²) in [6, 6.07) is 3.39. The minimum absolute atomic E-state index is 0.130. The number of hydrogen-bond acceptors (Lipinski definition) is 4. The van der Waals surface area contributed by atoms with Crippen molar-refractivity contribution in [1.29, 1.82) is 0 Å². The zero-order chi connectivity index (χ0) is 15.1. The summed E-state index contributed by atoms with van der Waals surface area (Å²) >= 11 is 0. The highest BCUT2D eigenvalue weighted by molar-refractivity contribution is 5.80. The molecule has 0 aliphatic heterocycles. The van der Waals surface area contributed by atoms with Gasteiger partial charge in [0.15, 0.2) is 0 Å². The van der Waals surface area contributed by atoms with Crippen LogP contribution < -0.4 is 5.32 Å². The smallest absolute Gasteiger partial charge is 0.248 e. The van der Waals surface area contributed by atoms with Gasteiger partial charge in [-0.25, -0.2) is 0 Å². The molecular formula is C16H25NO4. The van der Waals surface area contributed by atoms with Gasteiger partial charge in [0.1, 0.15) is 18.0 Å². The van der Waals surface area contributed by atoms with E-state index in [0.29, 0.717) is 5.76 Å². The van der Waals surface area contributed by atoms with Crippen molar-refractivity contribution in [2.45, 2.75) is 63.8 Å². The van der Waals surface area contributed by atoms with Crippen molar-refractivity contribution < 1.29 is 19.1 Å². The van der Waals surface area contributed by atoms with Crippen LogP contribution in [0.3, 0.4) is 0 Å². The fourth-order valence-corrected chi connectivity index (χ4v) is 2.65. The second kappa shape index (κ2) is 8.20. The summed E-state index contributed by atoms with van der Waals surface area (Å²) in [5, 5.41) is 12.6. The predicted molar refractivity (Wildman–Crippen MR) is 78.7 cm³/mol. The van der Waals surface area contributed by atoms with Crippen LogP contribution in [0.1, 0.15) is 57.3 Å². The van der Waals surface area contributed by atoms with E-state index >= 15 is 0 Å². The highest BCUT2D eigenvalue weighted by Gasteiger charge is 2.21. The van der Waals surface area contributed by atoms with Crippen LogP contribution in [-0.2, 0) is 9.53 Å². The number of furan rings is 1. The summed E-state index contributed by atoms with van der Waals surface area (Å²) in [5.74, 6) is 0.262. The molecule has 0 spiro atoms. The average Bonchev–Trinajstić information content (AvgIpc) is 2.90. The Labute approximate surface area is 125 Å². The predicted octanol–water partition coefficient (Wildman–Crippen LogP) is 2.56. The molecule has 2 N–H and O–H groups in total. The van der Waals surface area contributed by atoms with E-state index in [0.717, 1.165) is 12.8 Å². The van der Waals surface area contributed by atoms with Gasteiger partial charge in [-0.3, -0.25) is 4.79 Å². The Morgan fingerprint density at radius 2 is 2.14 bits per heavy atom. The second-order valence-electron chi connectivity index (χ2n) is 5.67. The van der Waals surface area contributed by atoms with Crippen LogP contribution >= 0.6 is 0 Å². The van der Waals surface area contributed by atoms with E-state index in [1.165, 1.54) is 31.9 Å². The molecule has 1 fully saturated rings. The molecule has 1 saturated carbocycles. The van der Waals surface area contributed by atoms with Crippen molar-refractivity contribution in [2.75, 3.05) is 6.54 Å². The van der Waals surface area contributed by atoms with E-state index in [9.17, 15) is 9.90 Å². The molecule has 1 aromatic heterocycles. The molecule has 1 aliphatic rings. The van der Waals surface area contributed by atoms with Gasteiger partial charge in [0.2, 0.25) is 5.91 Å². The van der Waals surface area contributed by atoms with E-state index in [1.807, 2.05) is 0 Å². The summed E-state index contributed by atoms with van der Waals surface area (Å²) in [6.45, 7) is 1.89.